The number of benzene rings is 3. The van der Waals surface area contributed by atoms with E-state index in [0.29, 0.717) is 17.9 Å². The summed E-state index contributed by atoms with van der Waals surface area (Å²) in [6.45, 7) is 0.310. The highest BCUT2D eigenvalue weighted by molar-refractivity contribution is 7.96. The van der Waals surface area contributed by atoms with Gasteiger partial charge in [-0.1, -0.05) is 54.6 Å². The SMILES string of the molecule is O=S1(=O)CC(S(=O)(=O)c2cccc(OCc3ccccc3)c2)c2ccccc21. The number of hydrogen-bond acceptors (Lipinski definition) is 5. The van der Waals surface area contributed by atoms with Crippen LogP contribution in [-0.2, 0) is 26.3 Å². The minimum Gasteiger partial charge on any atom is -0.489 e. The molecule has 0 saturated heterocycles. The van der Waals surface area contributed by atoms with Crippen LogP contribution >= 0.6 is 0 Å². The van der Waals surface area contributed by atoms with Crippen LogP contribution < -0.4 is 4.74 Å². The first kappa shape index (κ1) is 18.7. The molecule has 1 unspecified atom stereocenters. The highest BCUT2D eigenvalue weighted by atomic mass is 32.2. The summed E-state index contributed by atoms with van der Waals surface area (Å²) in [5.41, 5.74) is 1.30. The molecule has 3 aromatic rings. The minimum absolute atomic E-state index is 0.0509. The molecule has 0 radical (unpaired) electrons. The molecule has 0 saturated carbocycles. The summed E-state index contributed by atoms with van der Waals surface area (Å²) in [6, 6.07) is 22.0. The van der Waals surface area contributed by atoms with Crippen molar-refractivity contribution in [3.05, 3.63) is 90.0 Å². The first-order valence-electron chi connectivity index (χ1n) is 8.70. The number of hydrogen-bond donors (Lipinski definition) is 0. The van der Waals surface area contributed by atoms with E-state index in [2.05, 4.69) is 0 Å². The number of rotatable bonds is 5. The standard InChI is InChI=1S/C21H18O5S2/c22-27(23)15-21(19-11-4-5-12-20(19)27)28(24,25)18-10-6-9-17(13-18)26-14-16-7-2-1-3-8-16/h1-13,21H,14-15H2. The van der Waals surface area contributed by atoms with Crippen LogP contribution in [0.4, 0.5) is 0 Å². The smallest absolute Gasteiger partial charge is 0.186 e. The summed E-state index contributed by atoms with van der Waals surface area (Å²) >= 11 is 0. The molecule has 4 rings (SSSR count). The van der Waals surface area contributed by atoms with Crippen LogP contribution in [0.25, 0.3) is 0 Å². The van der Waals surface area contributed by atoms with Crippen molar-refractivity contribution in [3.63, 3.8) is 0 Å². The van der Waals surface area contributed by atoms with Crippen molar-refractivity contribution in [3.8, 4) is 5.75 Å². The third-order valence-electron chi connectivity index (χ3n) is 4.73. The van der Waals surface area contributed by atoms with Gasteiger partial charge in [0.2, 0.25) is 0 Å². The van der Waals surface area contributed by atoms with Crippen LogP contribution in [0.3, 0.4) is 0 Å². The van der Waals surface area contributed by atoms with Crippen molar-refractivity contribution in [2.45, 2.75) is 21.6 Å². The Morgan fingerprint density at radius 1 is 0.893 bits per heavy atom. The third kappa shape index (κ3) is 3.43. The predicted molar refractivity (Wildman–Crippen MR) is 106 cm³/mol. The Morgan fingerprint density at radius 2 is 1.61 bits per heavy atom. The lowest BCUT2D eigenvalue weighted by Gasteiger charge is -2.13. The highest BCUT2D eigenvalue weighted by Gasteiger charge is 2.42. The lowest BCUT2D eigenvalue weighted by Crippen LogP contribution is -2.16. The Hall–Kier alpha value is -2.64. The van der Waals surface area contributed by atoms with Crippen molar-refractivity contribution in [2.75, 3.05) is 5.75 Å². The van der Waals surface area contributed by atoms with Crippen LogP contribution in [-0.4, -0.2) is 22.6 Å². The summed E-state index contributed by atoms with van der Waals surface area (Å²) in [5, 5.41) is -1.11. The van der Waals surface area contributed by atoms with Gasteiger partial charge < -0.3 is 4.74 Å². The van der Waals surface area contributed by atoms with Gasteiger partial charge in [0, 0.05) is 0 Å². The zero-order valence-electron chi connectivity index (χ0n) is 14.9. The Bertz CT molecular complexity index is 1220. The number of sulfone groups is 2. The van der Waals surface area contributed by atoms with Gasteiger partial charge >= 0.3 is 0 Å². The molecule has 0 N–H and O–H groups in total. The Morgan fingerprint density at radius 3 is 2.39 bits per heavy atom. The van der Waals surface area contributed by atoms with E-state index in [4.69, 9.17) is 4.74 Å². The first-order chi connectivity index (χ1) is 13.4. The van der Waals surface area contributed by atoms with Crippen molar-refractivity contribution in [2.24, 2.45) is 0 Å². The molecule has 0 spiro atoms. The normalized spacial score (nSPS) is 17.8. The van der Waals surface area contributed by atoms with Gasteiger partial charge in [-0.05, 0) is 35.4 Å². The summed E-state index contributed by atoms with van der Waals surface area (Å²) in [7, 11) is -7.50. The molecule has 7 heteroatoms. The summed E-state index contributed by atoms with van der Waals surface area (Å²) in [5.74, 6) is -0.0249. The average Bonchev–Trinajstić information content (AvgIpc) is 2.99. The molecule has 28 heavy (non-hydrogen) atoms. The molecule has 0 fully saturated rings. The summed E-state index contributed by atoms with van der Waals surface area (Å²) in [4.78, 5) is 0.148. The van der Waals surface area contributed by atoms with Crippen molar-refractivity contribution in [1.82, 2.24) is 0 Å². The quantitative estimate of drug-likeness (QED) is 0.638. The lowest BCUT2D eigenvalue weighted by atomic mass is 10.2. The van der Waals surface area contributed by atoms with E-state index >= 15 is 0 Å². The summed E-state index contributed by atoms with van der Waals surface area (Å²) in [6.07, 6.45) is 0. The van der Waals surface area contributed by atoms with Gasteiger partial charge in [-0.15, -0.1) is 0 Å². The molecular weight excluding hydrogens is 396 g/mol. The van der Waals surface area contributed by atoms with E-state index in [0.717, 1.165) is 5.56 Å². The second-order valence-electron chi connectivity index (χ2n) is 6.60. The lowest BCUT2D eigenvalue weighted by molar-refractivity contribution is 0.305. The molecule has 0 aliphatic carbocycles. The average molecular weight is 415 g/mol. The highest BCUT2D eigenvalue weighted by Crippen LogP contribution is 2.41. The van der Waals surface area contributed by atoms with Gasteiger partial charge in [0.25, 0.3) is 0 Å². The third-order valence-corrected chi connectivity index (χ3v) is 8.83. The van der Waals surface area contributed by atoms with E-state index in [9.17, 15) is 16.8 Å². The molecule has 1 aliphatic rings. The van der Waals surface area contributed by atoms with Crippen LogP contribution in [0, 0.1) is 0 Å². The van der Waals surface area contributed by atoms with Gasteiger partial charge in [-0.3, -0.25) is 0 Å². The van der Waals surface area contributed by atoms with Gasteiger partial charge in [-0.25, -0.2) is 16.8 Å². The Kier molecular flexibility index (Phi) is 4.72. The van der Waals surface area contributed by atoms with Gasteiger partial charge in [0.15, 0.2) is 19.7 Å². The summed E-state index contributed by atoms with van der Waals surface area (Å²) < 4.78 is 56.9. The van der Waals surface area contributed by atoms with Gasteiger partial charge in [0.05, 0.1) is 15.5 Å². The van der Waals surface area contributed by atoms with Crippen LogP contribution in [0.1, 0.15) is 16.4 Å². The molecule has 1 atom stereocenters. The maximum atomic E-state index is 13.2. The van der Waals surface area contributed by atoms with Crippen LogP contribution in [0.15, 0.2) is 88.7 Å². The monoisotopic (exact) mass is 414 g/mol. The predicted octanol–water partition coefficient (Wildman–Crippen LogP) is 3.57. The largest absolute Gasteiger partial charge is 0.489 e. The maximum Gasteiger partial charge on any atom is 0.186 e. The van der Waals surface area contributed by atoms with Crippen LogP contribution in [0.2, 0.25) is 0 Å². The van der Waals surface area contributed by atoms with Crippen molar-refractivity contribution >= 4 is 19.7 Å². The van der Waals surface area contributed by atoms with Gasteiger partial charge in [-0.2, -0.15) is 0 Å². The number of ether oxygens (including phenoxy) is 1. The van der Waals surface area contributed by atoms with Crippen LogP contribution in [0.5, 0.6) is 5.75 Å². The zero-order valence-corrected chi connectivity index (χ0v) is 16.5. The van der Waals surface area contributed by atoms with E-state index in [1.807, 2.05) is 30.3 Å². The molecular formula is C21H18O5S2. The Labute approximate surface area is 164 Å². The molecule has 0 aromatic heterocycles. The van der Waals surface area contributed by atoms with E-state index in [1.54, 1.807) is 30.3 Å². The van der Waals surface area contributed by atoms with E-state index in [1.165, 1.54) is 18.2 Å². The fourth-order valence-corrected chi connectivity index (χ4v) is 7.67. The molecule has 1 aliphatic heterocycles. The minimum atomic E-state index is -3.89. The second-order valence-corrected chi connectivity index (χ2v) is 10.7. The first-order valence-corrected chi connectivity index (χ1v) is 11.9. The molecule has 3 aromatic carbocycles. The molecule has 1 heterocycles. The Balaban J connectivity index is 1.64. The molecule has 5 nitrogen and oxygen atoms in total. The van der Waals surface area contributed by atoms with Crippen molar-refractivity contribution < 1.29 is 21.6 Å². The zero-order chi connectivity index (χ0) is 19.8. The van der Waals surface area contributed by atoms with E-state index in [-0.39, 0.29) is 9.79 Å². The molecule has 0 amide bonds. The maximum absolute atomic E-state index is 13.2. The second kappa shape index (κ2) is 7.07. The molecule has 0 bridgehead atoms. The number of fused-ring (bicyclic) bond motifs is 1. The molecule has 144 valence electrons. The topological polar surface area (TPSA) is 77.5 Å². The van der Waals surface area contributed by atoms with Gasteiger partial charge in [0.1, 0.15) is 17.6 Å². The van der Waals surface area contributed by atoms with Crippen molar-refractivity contribution in [1.29, 1.82) is 0 Å². The fourth-order valence-electron chi connectivity index (χ4n) is 3.31. The fraction of sp³-hybridized carbons (Fsp3) is 0.143. The van der Waals surface area contributed by atoms with E-state index < -0.39 is 30.7 Å².